The fourth-order valence-corrected chi connectivity index (χ4v) is 4.19. The van der Waals surface area contributed by atoms with Crippen LogP contribution in [0.4, 0.5) is 0 Å². The number of hydrogen-bond acceptors (Lipinski definition) is 1. The maximum atomic E-state index is 4.31. The molecule has 0 aliphatic heterocycles. The molecule has 0 aromatic heterocycles. The van der Waals surface area contributed by atoms with Gasteiger partial charge in [0.1, 0.15) is 0 Å². The molecule has 0 aromatic carbocycles. The van der Waals surface area contributed by atoms with Crippen LogP contribution in [-0.4, -0.2) is 17.5 Å². The highest BCUT2D eigenvalue weighted by atomic mass is 15.2. The van der Waals surface area contributed by atoms with Crippen molar-refractivity contribution in [1.29, 1.82) is 0 Å². The van der Waals surface area contributed by atoms with E-state index in [1.165, 1.54) is 48.8 Å². The number of allylic oxidation sites excluding steroid dienone is 5. The molecule has 0 radical (unpaired) electrons. The van der Waals surface area contributed by atoms with Crippen LogP contribution in [0.2, 0.25) is 0 Å². The Morgan fingerprint density at radius 2 is 2.16 bits per heavy atom. The number of nitrogens with zero attached hydrogens (tertiary/aromatic N) is 1. The van der Waals surface area contributed by atoms with E-state index in [2.05, 4.69) is 69.4 Å². The third kappa shape index (κ3) is 4.47. The summed E-state index contributed by atoms with van der Waals surface area (Å²) in [5.41, 5.74) is 8.52. The number of hydrogen-bond donors (Lipinski definition) is 0. The van der Waals surface area contributed by atoms with Gasteiger partial charge in [-0.1, -0.05) is 45.6 Å². The first-order valence-electron chi connectivity index (χ1n) is 9.83. The van der Waals surface area contributed by atoms with Gasteiger partial charge in [-0.15, -0.1) is 12.3 Å². The highest BCUT2D eigenvalue weighted by Crippen LogP contribution is 2.40. The fourth-order valence-electron chi connectivity index (χ4n) is 4.19. The Bertz CT molecular complexity index is 626. The van der Waals surface area contributed by atoms with E-state index in [1.807, 2.05) is 0 Å². The van der Waals surface area contributed by atoms with E-state index >= 15 is 0 Å². The van der Waals surface area contributed by atoms with Gasteiger partial charge in [0.2, 0.25) is 0 Å². The van der Waals surface area contributed by atoms with Gasteiger partial charge in [0.25, 0.3) is 0 Å². The smallest absolute Gasteiger partial charge is 0.0872 e. The molecule has 1 fully saturated rings. The Labute approximate surface area is 155 Å². The van der Waals surface area contributed by atoms with Crippen LogP contribution in [0.3, 0.4) is 0 Å². The SMILES string of the molecule is C=C=C(C1=C/C(=C/C)CC1=C)N(CCC)C1CCC[C@@](C)(C=C)CC1. The maximum absolute atomic E-state index is 4.31. The van der Waals surface area contributed by atoms with Crippen LogP contribution in [0.25, 0.3) is 0 Å². The largest absolute Gasteiger partial charge is 0.362 e. The summed E-state index contributed by atoms with van der Waals surface area (Å²) in [6.45, 7) is 20.2. The lowest BCUT2D eigenvalue weighted by atomic mass is 9.83. The summed E-state index contributed by atoms with van der Waals surface area (Å²) < 4.78 is 0. The second-order valence-electron chi connectivity index (χ2n) is 7.86. The molecule has 25 heavy (non-hydrogen) atoms. The summed E-state index contributed by atoms with van der Waals surface area (Å²) in [7, 11) is 0. The van der Waals surface area contributed by atoms with Crippen molar-refractivity contribution in [2.45, 2.75) is 71.8 Å². The highest BCUT2D eigenvalue weighted by Gasteiger charge is 2.31. The summed E-state index contributed by atoms with van der Waals surface area (Å²) >= 11 is 0. The van der Waals surface area contributed by atoms with E-state index in [4.69, 9.17) is 0 Å². The molecular weight excluding hydrogens is 302 g/mol. The van der Waals surface area contributed by atoms with E-state index in [0.717, 1.165) is 25.1 Å². The lowest BCUT2D eigenvalue weighted by molar-refractivity contribution is 0.230. The molecule has 1 nitrogen and oxygen atoms in total. The second-order valence-corrected chi connectivity index (χ2v) is 7.86. The highest BCUT2D eigenvalue weighted by molar-refractivity contribution is 5.55. The quantitative estimate of drug-likeness (QED) is 0.295. The van der Waals surface area contributed by atoms with E-state index in [-0.39, 0.29) is 0 Å². The third-order valence-electron chi connectivity index (χ3n) is 5.94. The minimum absolute atomic E-state index is 0.291. The van der Waals surface area contributed by atoms with Crippen molar-refractivity contribution in [2.24, 2.45) is 5.41 Å². The molecule has 0 heterocycles. The van der Waals surface area contributed by atoms with Gasteiger partial charge in [-0.25, -0.2) is 0 Å². The number of rotatable bonds is 6. The van der Waals surface area contributed by atoms with Gasteiger partial charge in [0, 0.05) is 18.2 Å². The summed E-state index contributed by atoms with van der Waals surface area (Å²) in [6, 6.07) is 0.564. The topological polar surface area (TPSA) is 3.24 Å². The first kappa shape index (κ1) is 19.6. The molecule has 2 rings (SSSR count). The van der Waals surface area contributed by atoms with Crippen molar-refractivity contribution >= 4 is 0 Å². The maximum Gasteiger partial charge on any atom is 0.0872 e. The zero-order chi connectivity index (χ0) is 18.4. The molecule has 1 unspecified atom stereocenters. The summed E-state index contributed by atoms with van der Waals surface area (Å²) in [5.74, 6) is 0. The van der Waals surface area contributed by atoms with Gasteiger partial charge in [0.05, 0.1) is 5.70 Å². The molecule has 136 valence electrons. The molecule has 2 aliphatic rings. The lowest BCUT2D eigenvalue weighted by Gasteiger charge is -2.35. The molecular formula is C24H35N. The van der Waals surface area contributed by atoms with Crippen LogP contribution >= 0.6 is 0 Å². The standard InChI is InChI=1S/C24H35N/c1-7-16-25(21-12-11-14-24(6,10-4)15-13-21)23(9-3)22-18-20(8-2)17-19(22)5/h8,10,18,21H,3-5,7,11-17H2,1-2,6H3/b20-8+/t21?,24-/m1/s1. The molecule has 0 saturated heterocycles. The third-order valence-corrected chi connectivity index (χ3v) is 5.94. The average molecular weight is 338 g/mol. The van der Waals surface area contributed by atoms with Crippen LogP contribution in [0.15, 0.2) is 66.1 Å². The molecule has 0 N–H and O–H groups in total. The van der Waals surface area contributed by atoms with Gasteiger partial charge in [-0.05, 0) is 68.1 Å². The zero-order valence-electron chi connectivity index (χ0n) is 16.5. The summed E-state index contributed by atoms with van der Waals surface area (Å²) in [5, 5.41) is 0. The Morgan fingerprint density at radius 1 is 1.40 bits per heavy atom. The fraction of sp³-hybridized carbons (Fsp3) is 0.542. The van der Waals surface area contributed by atoms with Gasteiger partial charge in [-0.2, -0.15) is 0 Å². The summed E-state index contributed by atoms with van der Waals surface area (Å²) in [6.07, 6.45) is 14.9. The molecule has 0 aromatic rings. The normalized spacial score (nSPS) is 28.3. The van der Waals surface area contributed by atoms with Gasteiger partial charge >= 0.3 is 0 Å². The Hall–Kier alpha value is -1.72. The monoisotopic (exact) mass is 337 g/mol. The molecule has 2 atom stereocenters. The average Bonchev–Trinajstić information content (AvgIpc) is 2.87. The van der Waals surface area contributed by atoms with Crippen LogP contribution in [-0.2, 0) is 0 Å². The minimum Gasteiger partial charge on any atom is -0.362 e. The molecule has 1 saturated carbocycles. The van der Waals surface area contributed by atoms with Crippen molar-refractivity contribution in [3.8, 4) is 0 Å². The molecule has 2 aliphatic carbocycles. The van der Waals surface area contributed by atoms with Crippen LogP contribution in [0.1, 0.15) is 65.7 Å². The van der Waals surface area contributed by atoms with Crippen LogP contribution in [0.5, 0.6) is 0 Å². The zero-order valence-corrected chi connectivity index (χ0v) is 16.5. The van der Waals surface area contributed by atoms with Crippen molar-refractivity contribution in [1.82, 2.24) is 4.90 Å². The Kier molecular flexibility index (Phi) is 6.73. The van der Waals surface area contributed by atoms with Gasteiger partial charge in [0.15, 0.2) is 0 Å². The van der Waals surface area contributed by atoms with Crippen LogP contribution < -0.4 is 0 Å². The van der Waals surface area contributed by atoms with Crippen molar-refractivity contribution in [3.63, 3.8) is 0 Å². The van der Waals surface area contributed by atoms with Crippen molar-refractivity contribution in [3.05, 3.63) is 66.1 Å². The predicted molar refractivity (Wildman–Crippen MR) is 110 cm³/mol. The minimum atomic E-state index is 0.291. The van der Waals surface area contributed by atoms with E-state index in [9.17, 15) is 0 Å². The Morgan fingerprint density at radius 3 is 2.72 bits per heavy atom. The van der Waals surface area contributed by atoms with Gasteiger partial charge in [-0.3, -0.25) is 0 Å². The van der Waals surface area contributed by atoms with E-state index in [1.54, 1.807) is 0 Å². The van der Waals surface area contributed by atoms with Gasteiger partial charge < -0.3 is 4.90 Å². The van der Waals surface area contributed by atoms with Crippen molar-refractivity contribution in [2.75, 3.05) is 6.54 Å². The molecule has 0 amide bonds. The summed E-state index contributed by atoms with van der Waals surface area (Å²) in [4.78, 5) is 2.57. The first-order valence-corrected chi connectivity index (χ1v) is 9.83. The molecule has 0 bridgehead atoms. The molecule has 1 heteroatoms. The van der Waals surface area contributed by atoms with E-state index < -0.39 is 0 Å². The second kappa shape index (κ2) is 8.59. The van der Waals surface area contributed by atoms with E-state index in [0.29, 0.717) is 11.5 Å². The van der Waals surface area contributed by atoms with Crippen molar-refractivity contribution < 1.29 is 0 Å². The van der Waals surface area contributed by atoms with Crippen LogP contribution in [0, 0.1) is 5.41 Å². The first-order chi connectivity index (χ1) is 12.0. The molecule has 0 spiro atoms. The Balaban J connectivity index is 2.28. The lowest BCUT2D eigenvalue weighted by Crippen LogP contribution is -2.35. The predicted octanol–water partition coefficient (Wildman–Crippen LogP) is 6.72.